The fraction of sp³-hybridized carbons (Fsp3) is 0.182. The fourth-order valence-electron chi connectivity index (χ4n) is 2.87. The molecule has 27 heavy (non-hydrogen) atoms. The molecule has 0 radical (unpaired) electrons. The summed E-state index contributed by atoms with van der Waals surface area (Å²) in [5, 5.41) is 0. The molecule has 3 rings (SSSR count). The molecule has 0 saturated carbocycles. The first-order chi connectivity index (χ1) is 12.9. The highest BCUT2D eigenvalue weighted by Gasteiger charge is 2.25. The van der Waals surface area contributed by atoms with Crippen LogP contribution in [-0.4, -0.2) is 15.5 Å². The normalized spacial score (nSPS) is 11.2. The van der Waals surface area contributed by atoms with Crippen LogP contribution in [-0.2, 0) is 16.6 Å². The van der Waals surface area contributed by atoms with Gasteiger partial charge in [0.25, 0.3) is 10.0 Å². The first kappa shape index (κ1) is 19.0. The van der Waals surface area contributed by atoms with Crippen LogP contribution in [0.2, 0.25) is 0 Å². The lowest BCUT2D eigenvalue weighted by Gasteiger charge is -2.25. The summed E-state index contributed by atoms with van der Waals surface area (Å²) in [5.41, 5.74) is 3.51. The number of hydrogen-bond acceptors (Lipinski definition) is 3. The van der Waals surface area contributed by atoms with Gasteiger partial charge in [0.1, 0.15) is 5.75 Å². The van der Waals surface area contributed by atoms with Crippen LogP contribution in [0, 0.1) is 13.8 Å². The third-order valence-corrected chi connectivity index (χ3v) is 6.15. The maximum Gasteiger partial charge on any atom is 0.264 e. The van der Waals surface area contributed by atoms with Crippen LogP contribution >= 0.6 is 0 Å². The molecule has 4 nitrogen and oxygen atoms in total. The Morgan fingerprint density at radius 3 is 2.22 bits per heavy atom. The Hall–Kier alpha value is -2.79. The van der Waals surface area contributed by atoms with Crippen LogP contribution in [0.5, 0.6) is 5.75 Å². The van der Waals surface area contributed by atoms with Crippen molar-refractivity contribution in [1.82, 2.24) is 0 Å². The second-order valence-electron chi connectivity index (χ2n) is 6.52. The Morgan fingerprint density at radius 2 is 1.56 bits per heavy atom. The Balaban J connectivity index is 2.08. The second kappa shape index (κ2) is 7.84. The van der Waals surface area contributed by atoms with Gasteiger partial charge in [-0.3, -0.25) is 4.31 Å². The lowest BCUT2D eigenvalue weighted by Crippen LogP contribution is -2.30. The van der Waals surface area contributed by atoms with Crippen molar-refractivity contribution in [2.45, 2.75) is 25.3 Å². The number of rotatable bonds is 6. The van der Waals surface area contributed by atoms with Crippen LogP contribution < -0.4 is 9.04 Å². The van der Waals surface area contributed by atoms with E-state index in [4.69, 9.17) is 4.74 Å². The molecule has 0 unspecified atom stereocenters. The lowest BCUT2D eigenvalue weighted by atomic mass is 10.2. The van der Waals surface area contributed by atoms with Gasteiger partial charge in [0.15, 0.2) is 0 Å². The quantitative estimate of drug-likeness (QED) is 0.621. The van der Waals surface area contributed by atoms with Gasteiger partial charge in [-0.1, -0.05) is 42.0 Å². The monoisotopic (exact) mass is 381 g/mol. The lowest BCUT2D eigenvalue weighted by molar-refractivity contribution is 0.414. The standard InChI is InChI=1S/C22H23NO3S/c1-17-10-12-22(13-11-17)27(24,25)23(20-8-4-6-18(2)14-20)16-19-7-5-9-21(15-19)26-3/h4-15H,16H2,1-3H3. The van der Waals surface area contributed by atoms with Gasteiger partial charge < -0.3 is 4.74 Å². The van der Waals surface area contributed by atoms with Crippen molar-refractivity contribution in [2.75, 3.05) is 11.4 Å². The molecule has 0 aliphatic heterocycles. The van der Waals surface area contributed by atoms with Crippen LogP contribution in [0.15, 0.2) is 77.7 Å². The SMILES string of the molecule is COc1cccc(CN(c2cccc(C)c2)S(=O)(=O)c2ccc(C)cc2)c1. The highest BCUT2D eigenvalue weighted by atomic mass is 32.2. The summed E-state index contributed by atoms with van der Waals surface area (Å²) >= 11 is 0. The van der Waals surface area contributed by atoms with Crippen LogP contribution in [0.1, 0.15) is 16.7 Å². The molecular formula is C22H23NO3S. The van der Waals surface area contributed by atoms with Crippen molar-refractivity contribution in [1.29, 1.82) is 0 Å². The summed E-state index contributed by atoms with van der Waals surface area (Å²) < 4.78 is 33.5. The summed E-state index contributed by atoms with van der Waals surface area (Å²) in [6, 6.07) is 21.9. The summed E-state index contributed by atoms with van der Waals surface area (Å²) in [6.07, 6.45) is 0. The van der Waals surface area contributed by atoms with Crippen molar-refractivity contribution < 1.29 is 13.2 Å². The first-order valence-corrected chi connectivity index (χ1v) is 10.1. The van der Waals surface area contributed by atoms with Crippen molar-refractivity contribution in [3.8, 4) is 5.75 Å². The van der Waals surface area contributed by atoms with E-state index in [0.717, 1.165) is 16.7 Å². The topological polar surface area (TPSA) is 46.6 Å². The Morgan fingerprint density at radius 1 is 0.852 bits per heavy atom. The van der Waals surface area contributed by atoms with Crippen molar-refractivity contribution in [2.24, 2.45) is 0 Å². The van der Waals surface area contributed by atoms with E-state index in [-0.39, 0.29) is 11.4 Å². The average molecular weight is 381 g/mol. The second-order valence-corrected chi connectivity index (χ2v) is 8.38. The maximum atomic E-state index is 13.4. The first-order valence-electron chi connectivity index (χ1n) is 8.69. The minimum atomic E-state index is -3.71. The predicted octanol–water partition coefficient (Wildman–Crippen LogP) is 4.71. The zero-order chi connectivity index (χ0) is 19.4. The van der Waals surface area contributed by atoms with Gasteiger partial charge >= 0.3 is 0 Å². The molecule has 3 aromatic rings. The molecule has 0 amide bonds. The van der Waals surface area contributed by atoms with E-state index in [2.05, 4.69) is 0 Å². The molecule has 0 bridgehead atoms. The van der Waals surface area contributed by atoms with E-state index in [1.165, 1.54) is 4.31 Å². The number of aryl methyl sites for hydroxylation is 2. The van der Waals surface area contributed by atoms with Crippen LogP contribution in [0.25, 0.3) is 0 Å². The largest absolute Gasteiger partial charge is 0.497 e. The number of methoxy groups -OCH3 is 1. The van der Waals surface area contributed by atoms with Gasteiger partial charge in [-0.25, -0.2) is 8.42 Å². The van der Waals surface area contributed by atoms with E-state index < -0.39 is 10.0 Å². The van der Waals surface area contributed by atoms with Gasteiger partial charge in [-0.2, -0.15) is 0 Å². The molecule has 0 N–H and O–H groups in total. The summed E-state index contributed by atoms with van der Waals surface area (Å²) in [5.74, 6) is 0.699. The molecule has 3 aromatic carbocycles. The smallest absolute Gasteiger partial charge is 0.264 e. The minimum Gasteiger partial charge on any atom is -0.497 e. The molecule has 0 aliphatic rings. The van der Waals surface area contributed by atoms with E-state index in [9.17, 15) is 8.42 Å². The van der Waals surface area contributed by atoms with Gasteiger partial charge in [-0.05, 0) is 61.4 Å². The molecule has 5 heteroatoms. The highest BCUT2D eigenvalue weighted by molar-refractivity contribution is 7.92. The maximum absolute atomic E-state index is 13.4. The number of benzene rings is 3. The zero-order valence-electron chi connectivity index (χ0n) is 15.7. The number of anilines is 1. The molecule has 0 fully saturated rings. The molecule has 0 aliphatic carbocycles. The molecular weight excluding hydrogens is 358 g/mol. The Labute approximate surface area is 161 Å². The fourth-order valence-corrected chi connectivity index (χ4v) is 4.32. The van der Waals surface area contributed by atoms with Crippen molar-refractivity contribution >= 4 is 15.7 Å². The molecule has 0 saturated heterocycles. The average Bonchev–Trinajstić information content (AvgIpc) is 2.66. The highest BCUT2D eigenvalue weighted by Crippen LogP contribution is 2.27. The van der Waals surface area contributed by atoms with Crippen molar-refractivity contribution in [3.63, 3.8) is 0 Å². The number of ether oxygens (including phenoxy) is 1. The third kappa shape index (κ3) is 4.31. The Kier molecular flexibility index (Phi) is 5.51. The summed E-state index contributed by atoms with van der Waals surface area (Å²) in [6.45, 7) is 4.10. The number of nitrogens with zero attached hydrogens (tertiary/aromatic N) is 1. The van der Waals surface area contributed by atoms with Crippen LogP contribution in [0.4, 0.5) is 5.69 Å². The summed E-state index contributed by atoms with van der Waals surface area (Å²) in [4.78, 5) is 0.275. The molecule has 140 valence electrons. The van der Waals surface area contributed by atoms with Gasteiger partial charge in [0.2, 0.25) is 0 Å². The van der Waals surface area contributed by atoms with E-state index in [1.807, 2.05) is 74.5 Å². The van der Waals surface area contributed by atoms with Crippen LogP contribution in [0.3, 0.4) is 0 Å². The number of sulfonamides is 1. The van der Waals surface area contributed by atoms with E-state index in [1.54, 1.807) is 19.2 Å². The van der Waals surface area contributed by atoms with E-state index >= 15 is 0 Å². The number of hydrogen-bond donors (Lipinski definition) is 0. The Bertz CT molecular complexity index is 1030. The predicted molar refractivity (Wildman–Crippen MR) is 109 cm³/mol. The minimum absolute atomic E-state index is 0.219. The van der Waals surface area contributed by atoms with Gasteiger partial charge in [-0.15, -0.1) is 0 Å². The molecule has 0 spiro atoms. The zero-order valence-corrected chi connectivity index (χ0v) is 16.5. The van der Waals surface area contributed by atoms with Gasteiger partial charge in [0, 0.05) is 0 Å². The van der Waals surface area contributed by atoms with E-state index in [0.29, 0.717) is 11.4 Å². The molecule has 0 aromatic heterocycles. The summed E-state index contributed by atoms with van der Waals surface area (Å²) in [7, 11) is -2.12. The van der Waals surface area contributed by atoms with Crippen molar-refractivity contribution in [3.05, 3.63) is 89.5 Å². The molecule has 0 heterocycles. The van der Waals surface area contributed by atoms with Gasteiger partial charge in [0.05, 0.1) is 24.2 Å². The molecule has 0 atom stereocenters. The third-order valence-electron chi connectivity index (χ3n) is 4.36.